The van der Waals surface area contributed by atoms with E-state index >= 15 is 0 Å². The zero-order chi connectivity index (χ0) is 18.8. The van der Waals surface area contributed by atoms with Gasteiger partial charge in [0.2, 0.25) is 0 Å². The van der Waals surface area contributed by atoms with Gasteiger partial charge in [-0.3, -0.25) is 4.57 Å². The fourth-order valence-electron chi connectivity index (χ4n) is 2.84. The SMILES string of the molecule is CCOc1ccc(-c2nc(C#N)c3nc(S)n(-c4ccccc4)c3n2)cc1. The lowest BCUT2D eigenvalue weighted by Gasteiger charge is -2.07. The maximum atomic E-state index is 9.56. The van der Waals surface area contributed by atoms with Gasteiger partial charge in [-0.2, -0.15) is 5.26 Å². The summed E-state index contributed by atoms with van der Waals surface area (Å²) in [5, 5.41) is 10.0. The van der Waals surface area contributed by atoms with Crippen LogP contribution in [0.5, 0.6) is 5.75 Å². The third-order valence-electron chi connectivity index (χ3n) is 4.03. The third-order valence-corrected chi connectivity index (χ3v) is 4.33. The van der Waals surface area contributed by atoms with Crippen LogP contribution >= 0.6 is 12.6 Å². The molecular weight excluding hydrogens is 358 g/mol. The lowest BCUT2D eigenvalue weighted by molar-refractivity contribution is 0.340. The van der Waals surface area contributed by atoms with Crippen molar-refractivity contribution in [1.82, 2.24) is 19.5 Å². The highest BCUT2D eigenvalue weighted by Crippen LogP contribution is 2.27. The van der Waals surface area contributed by atoms with Crippen molar-refractivity contribution in [3.63, 3.8) is 0 Å². The Bertz CT molecular complexity index is 1150. The van der Waals surface area contributed by atoms with Crippen LogP contribution in [-0.2, 0) is 0 Å². The molecule has 4 rings (SSSR count). The number of ether oxygens (including phenoxy) is 1. The van der Waals surface area contributed by atoms with Gasteiger partial charge in [0.1, 0.15) is 17.3 Å². The van der Waals surface area contributed by atoms with Crippen molar-refractivity contribution in [3.8, 4) is 28.9 Å². The summed E-state index contributed by atoms with van der Waals surface area (Å²) in [6.45, 7) is 2.53. The molecule has 2 heterocycles. The van der Waals surface area contributed by atoms with Crippen molar-refractivity contribution in [2.75, 3.05) is 6.61 Å². The standard InChI is InChI=1S/C20H15N5OS/c1-2-26-15-10-8-13(9-11-15)18-22-16(12-21)17-19(24-18)25(20(27)23-17)14-6-4-3-5-7-14/h3-11H,2H2,1H3,(H,23,27). The first-order valence-corrected chi connectivity index (χ1v) is 8.84. The van der Waals surface area contributed by atoms with Crippen LogP contribution in [0.1, 0.15) is 12.6 Å². The second-order valence-corrected chi connectivity index (χ2v) is 6.12. The Kier molecular flexibility index (Phi) is 4.48. The van der Waals surface area contributed by atoms with Crippen LogP contribution < -0.4 is 4.74 Å². The van der Waals surface area contributed by atoms with Crippen molar-refractivity contribution in [3.05, 3.63) is 60.3 Å². The number of fused-ring (bicyclic) bond motifs is 1. The number of rotatable bonds is 4. The average Bonchev–Trinajstić information content (AvgIpc) is 3.04. The largest absolute Gasteiger partial charge is 0.494 e. The first-order chi connectivity index (χ1) is 13.2. The van der Waals surface area contributed by atoms with Gasteiger partial charge in [-0.1, -0.05) is 18.2 Å². The lowest BCUT2D eigenvalue weighted by atomic mass is 10.2. The molecule has 0 radical (unpaired) electrons. The van der Waals surface area contributed by atoms with Gasteiger partial charge in [-0.05, 0) is 43.3 Å². The molecule has 0 saturated carbocycles. The summed E-state index contributed by atoms with van der Waals surface area (Å²) in [5.41, 5.74) is 2.85. The zero-order valence-corrected chi connectivity index (χ0v) is 15.4. The third kappa shape index (κ3) is 3.11. The van der Waals surface area contributed by atoms with Crippen molar-refractivity contribution in [2.45, 2.75) is 12.1 Å². The molecule has 2 aromatic carbocycles. The highest BCUT2D eigenvalue weighted by Gasteiger charge is 2.18. The molecule has 0 atom stereocenters. The smallest absolute Gasteiger partial charge is 0.172 e. The molecule has 0 aliphatic heterocycles. The quantitative estimate of drug-likeness (QED) is 0.546. The van der Waals surface area contributed by atoms with Crippen LogP contribution in [0.3, 0.4) is 0 Å². The van der Waals surface area contributed by atoms with E-state index in [2.05, 4.69) is 33.6 Å². The normalized spacial score (nSPS) is 10.7. The summed E-state index contributed by atoms with van der Waals surface area (Å²) >= 11 is 4.47. The fourth-order valence-corrected chi connectivity index (χ4v) is 3.15. The van der Waals surface area contributed by atoms with Crippen molar-refractivity contribution >= 4 is 23.8 Å². The number of benzene rings is 2. The molecule has 0 fully saturated rings. The average molecular weight is 373 g/mol. The molecule has 0 saturated heterocycles. The van der Waals surface area contributed by atoms with Crippen LogP contribution in [0.15, 0.2) is 59.8 Å². The number of imidazole rings is 1. The molecule has 0 amide bonds. The summed E-state index contributed by atoms with van der Waals surface area (Å²) in [4.78, 5) is 13.5. The van der Waals surface area contributed by atoms with Crippen molar-refractivity contribution in [1.29, 1.82) is 5.26 Å². The van der Waals surface area contributed by atoms with E-state index in [1.807, 2.05) is 61.5 Å². The number of hydrogen-bond acceptors (Lipinski definition) is 6. The fraction of sp³-hybridized carbons (Fsp3) is 0.100. The van der Waals surface area contributed by atoms with Crippen LogP contribution in [0.4, 0.5) is 0 Å². The molecule has 0 N–H and O–H groups in total. The number of para-hydroxylation sites is 1. The Morgan fingerprint density at radius 1 is 1.04 bits per heavy atom. The van der Waals surface area contributed by atoms with Gasteiger partial charge in [0.15, 0.2) is 22.3 Å². The van der Waals surface area contributed by atoms with Gasteiger partial charge in [0.25, 0.3) is 0 Å². The van der Waals surface area contributed by atoms with E-state index in [0.717, 1.165) is 17.0 Å². The zero-order valence-electron chi connectivity index (χ0n) is 14.5. The van der Waals surface area contributed by atoms with Crippen LogP contribution in [-0.4, -0.2) is 26.1 Å². The van der Waals surface area contributed by atoms with Gasteiger partial charge < -0.3 is 4.74 Å². The first kappa shape index (κ1) is 17.1. The molecule has 7 heteroatoms. The van der Waals surface area contributed by atoms with E-state index in [1.165, 1.54) is 0 Å². The molecule has 0 spiro atoms. The van der Waals surface area contributed by atoms with E-state index in [-0.39, 0.29) is 5.69 Å². The maximum absolute atomic E-state index is 9.56. The molecule has 0 aliphatic carbocycles. The first-order valence-electron chi connectivity index (χ1n) is 8.39. The Balaban J connectivity index is 1.92. The number of thiol groups is 1. The van der Waals surface area contributed by atoms with Crippen LogP contribution in [0, 0.1) is 11.3 Å². The van der Waals surface area contributed by atoms with E-state index in [4.69, 9.17) is 4.74 Å². The second-order valence-electron chi connectivity index (χ2n) is 5.72. The van der Waals surface area contributed by atoms with E-state index in [9.17, 15) is 5.26 Å². The monoisotopic (exact) mass is 373 g/mol. The van der Waals surface area contributed by atoms with E-state index in [1.54, 1.807) is 4.57 Å². The molecule has 132 valence electrons. The topological polar surface area (TPSA) is 76.6 Å². The Labute approximate surface area is 161 Å². The van der Waals surface area contributed by atoms with E-state index < -0.39 is 0 Å². The Morgan fingerprint density at radius 2 is 1.78 bits per heavy atom. The Hall–Kier alpha value is -3.37. The van der Waals surface area contributed by atoms with Gasteiger partial charge in [-0.25, -0.2) is 15.0 Å². The highest BCUT2D eigenvalue weighted by molar-refractivity contribution is 7.80. The van der Waals surface area contributed by atoms with Crippen molar-refractivity contribution < 1.29 is 4.74 Å². The number of nitrogens with zero attached hydrogens (tertiary/aromatic N) is 5. The predicted octanol–water partition coefficient (Wildman–Crippen LogP) is 4.04. The van der Waals surface area contributed by atoms with Gasteiger partial charge in [-0.15, -0.1) is 12.6 Å². The minimum atomic E-state index is 0.217. The molecule has 0 bridgehead atoms. The van der Waals surface area contributed by atoms with Gasteiger partial charge in [0.05, 0.1) is 6.61 Å². The predicted molar refractivity (Wildman–Crippen MR) is 105 cm³/mol. The maximum Gasteiger partial charge on any atom is 0.172 e. The summed E-state index contributed by atoms with van der Waals surface area (Å²) in [5.74, 6) is 1.22. The number of nitriles is 1. The van der Waals surface area contributed by atoms with Crippen LogP contribution in [0.2, 0.25) is 0 Å². The van der Waals surface area contributed by atoms with Crippen molar-refractivity contribution in [2.24, 2.45) is 0 Å². The van der Waals surface area contributed by atoms with Gasteiger partial charge >= 0.3 is 0 Å². The summed E-state index contributed by atoms with van der Waals surface area (Å²) < 4.78 is 7.28. The van der Waals surface area contributed by atoms with E-state index in [0.29, 0.717) is 28.8 Å². The molecular formula is C20H15N5OS. The second kappa shape index (κ2) is 7.09. The van der Waals surface area contributed by atoms with Crippen LogP contribution in [0.25, 0.3) is 28.2 Å². The lowest BCUT2D eigenvalue weighted by Crippen LogP contribution is -2.00. The summed E-state index contributed by atoms with van der Waals surface area (Å²) in [6, 6.07) is 19.2. The molecule has 27 heavy (non-hydrogen) atoms. The Morgan fingerprint density at radius 3 is 2.44 bits per heavy atom. The highest BCUT2D eigenvalue weighted by atomic mass is 32.1. The summed E-state index contributed by atoms with van der Waals surface area (Å²) in [6.07, 6.45) is 0. The summed E-state index contributed by atoms with van der Waals surface area (Å²) in [7, 11) is 0. The molecule has 6 nitrogen and oxygen atoms in total. The minimum absolute atomic E-state index is 0.217. The number of hydrogen-bond donors (Lipinski definition) is 1. The molecule has 4 aromatic rings. The molecule has 2 aromatic heterocycles. The molecule has 0 unspecified atom stereocenters. The molecule has 0 aliphatic rings. The number of aromatic nitrogens is 4. The van der Waals surface area contributed by atoms with Gasteiger partial charge in [0, 0.05) is 11.3 Å². The minimum Gasteiger partial charge on any atom is -0.494 e.